The summed E-state index contributed by atoms with van der Waals surface area (Å²) >= 11 is 24.5. The molecule has 1 unspecified atom stereocenters. The van der Waals surface area contributed by atoms with E-state index in [9.17, 15) is 14.4 Å². The summed E-state index contributed by atoms with van der Waals surface area (Å²) in [6.07, 6.45) is 1.72. The van der Waals surface area contributed by atoms with Gasteiger partial charge in [-0.25, -0.2) is 0 Å². The maximum Gasteiger partial charge on any atom is 0.264 e. The second-order valence-corrected chi connectivity index (χ2v) is 8.09. The Morgan fingerprint density at radius 3 is 1.86 bits per heavy atom. The highest BCUT2D eigenvalue weighted by Gasteiger charge is 2.47. The predicted molar refractivity (Wildman–Crippen MR) is 107 cm³/mol. The molecule has 1 atom stereocenters. The number of fused-ring (bicyclic) bond motifs is 1. The van der Waals surface area contributed by atoms with Crippen LogP contribution in [0.4, 0.5) is 0 Å². The Balaban J connectivity index is 1.84. The van der Waals surface area contributed by atoms with Crippen molar-refractivity contribution in [3.05, 3.63) is 67.1 Å². The van der Waals surface area contributed by atoms with Crippen molar-refractivity contribution in [2.45, 2.75) is 24.9 Å². The normalized spacial score (nSPS) is 16.9. The maximum absolute atomic E-state index is 13.1. The lowest BCUT2D eigenvalue weighted by Crippen LogP contribution is -2.44. The first-order valence-corrected chi connectivity index (χ1v) is 9.93. The molecule has 2 aliphatic rings. The average molecular weight is 458 g/mol. The molecule has 0 bridgehead atoms. The van der Waals surface area contributed by atoms with E-state index in [0.29, 0.717) is 5.56 Å². The van der Waals surface area contributed by atoms with Crippen molar-refractivity contribution in [2.75, 3.05) is 0 Å². The van der Waals surface area contributed by atoms with Crippen LogP contribution in [0.15, 0.2) is 30.3 Å². The minimum absolute atomic E-state index is 0.0463. The third-order valence-electron chi connectivity index (χ3n) is 4.68. The van der Waals surface area contributed by atoms with Crippen LogP contribution in [0, 0.1) is 0 Å². The fourth-order valence-corrected chi connectivity index (χ4v) is 4.18. The average Bonchev–Trinajstić information content (AvgIpc) is 3.46. The minimum atomic E-state index is -1.17. The molecule has 2 aromatic rings. The maximum atomic E-state index is 13.1. The number of hydrogen-bond acceptors (Lipinski definition) is 3. The van der Waals surface area contributed by atoms with Crippen LogP contribution in [0.5, 0.6) is 0 Å². The van der Waals surface area contributed by atoms with Crippen LogP contribution in [-0.2, 0) is 4.79 Å². The van der Waals surface area contributed by atoms with Crippen LogP contribution in [0.3, 0.4) is 0 Å². The molecule has 1 aliphatic carbocycles. The van der Waals surface area contributed by atoms with Gasteiger partial charge in [0.1, 0.15) is 6.04 Å². The van der Waals surface area contributed by atoms with E-state index in [4.69, 9.17) is 46.4 Å². The van der Waals surface area contributed by atoms with E-state index in [1.807, 2.05) is 0 Å². The van der Waals surface area contributed by atoms with Gasteiger partial charge < -0.3 is 5.32 Å². The third kappa shape index (κ3) is 3.07. The molecule has 0 aromatic heterocycles. The first-order chi connectivity index (χ1) is 13.3. The van der Waals surface area contributed by atoms with E-state index in [-0.39, 0.29) is 37.3 Å². The van der Waals surface area contributed by atoms with Gasteiger partial charge in [-0.05, 0) is 18.4 Å². The summed E-state index contributed by atoms with van der Waals surface area (Å²) in [5.74, 6) is -1.94. The number of nitrogens with one attached hydrogen (secondary N) is 1. The van der Waals surface area contributed by atoms with E-state index in [1.165, 1.54) is 0 Å². The Morgan fingerprint density at radius 1 is 0.893 bits per heavy atom. The van der Waals surface area contributed by atoms with Crippen molar-refractivity contribution in [2.24, 2.45) is 0 Å². The molecule has 1 aliphatic heterocycles. The molecule has 9 heteroatoms. The van der Waals surface area contributed by atoms with Crippen LogP contribution in [0.1, 0.15) is 45.2 Å². The lowest BCUT2D eigenvalue weighted by atomic mass is 10.0. The molecule has 4 rings (SSSR count). The summed E-state index contributed by atoms with van der Waals surface area (Å²) in [5.41, 5.74) is 0.192. The Kier molecular flexibility index (Phi) is 5.04. The summed E-state index contributed by atoms with van der Waals surface area (Å²) in [7, 11) is 0. The summed E-state index contributed by atoms with van der Waals surface area (Å²) in [4.78, 5) is 40.1. The zero-order valence-corrected chi connectivity index (χ0v) is 17.2. The topological polar surface area (TPSA) is 66.5 Å². The number of hydrogen-bond donors (Lipinski definition) is 1. The van der Waals surface area contributed by atoms with Crippen molar-refractivity contribution in [3.63, 3.8) is 0 Å². The van der Waals surface area contributed by atoms with Crippen LogP contribution in [0.25, 0.3) is 0 Å². The van der Waals surface area contributed by atoms with Crippen molar-refractivity contribution in [3.8, 4) is 0 Å². The summed E-state index contributed by atoms with van der Waals surface area (Å²) in [6, 6.07) is 7.43. The van der Waals surface area contributed by atoms with Crippen LogP contribution in [-0.4, -0.2) is 28.7 Å². The van der Waals surface area contributed by atoms with E-state index < -0.39 is 23.8 Å². The van der Waals surface area contributed by atoms with Crippen molar-refractivity contribution >= 4 is 64.1 Å². The molecule has 144 valence electrons. The zero-order valence-electron chi connectivity index (χ0n) is 14.1. The number of benzene rings is 2. The van der Waals surface area contributed by atoms with Gasteiger partial charge in [0.25, 0.3) is 11.8 Å². The number of imide groups is 1. The molecule has 1 N–H and O–H groups in total. The molecular weight excluding hydrogens is 446 g/mol. The first-order valence-electron chi connectivity index (χ1n) is 8.42. The number of carbonyl (C=O) groups excluding carboxylic acids is 3. The molecule has 1 saturated carbocycles. The minimum Gasteiger partial charge on any atom is -0.351 e. The van der Waals surface area contributed by atoms with Gasteiger partial charge in [-0.1, -0.05) is 76.7 Å². The van der Waals surface area contributed by atoms with Gasteiger partial charge in [-0.2, -0.15) is 0 Å². The van der Waals surface area contributed by atoms with Gasteiger partial charge in [-0.3, -0.25) is 19.3 Å². The Hall–Kier alpha value is -1.79. The third-order valence-corrected chi connectivity index (χ3v) is 6.48. The van der Waals surface area contributed by atoms with Crippen LogP contribution in [0.2, 0.25) is 20.1 Å². The van der Waals surface area contributed by atoms with Gasteiger partial charge in [-0.15, -0.1) is 0 Å². The molecule has 2 aromatic carbocycles. The first kappa shape index (κ1) is 19.5. The molecule has 0 spiro atoms. The molecule has 5 nitrogen and oxygen atoms in total. The van der Waals surface area contributed by atoms with Gasteiger partial charge in [0, 0.05) is 6.04 Å². The highest BCUT2D eigenvalue weighted by molar-refractivity contribution is 6.55. The molecule has 0 radical (unpaired) electrons. The molecule has 3 amide bonds. The Morgan fingerprint density at radius 2 is 1.39 bits per heavy atom. The van der Waals surface area contributed by atoms with E-state index in [2.05, 4.69) is 5.32 Å². The van der Waals surface area contributed by atoms with Gasteiger partial charge in [0.15, 0.2) is 0 Å². The molecule has 28 heavy (non-hydrogen) atoms. The van der Waals surface area contributed by atoms with E-state index >= 15 is 0 Å². The van der Waals surface area contributed by atoms with E-state index in [0.717, 1.165) is 17.7 Å². The van der Waals surface area contributed by atoms with Crippen molar-refractivity contribution < 1.29 is 14.4 Å². The monoisotopic (exact) mass is 456 g/mol. The second-order valence-electron chi connectivity index (χ2n) is 6.58. The summed E-state index contributed by atoms with van der Waals surface area (Å²) in [6.45, 7) is 0. The highest BCUT2D eigenvalue weighted by Crippen LogP contribution is 2.46. The van der Waals surface area contributed by atoms with Crippen molar-refractivity contribution in [1.82, 2.24) is 10.2 Å². The predicted octanol–water partition coefficient (Wildman–Crippen LogP) is 4.92. The Bertz CT molecular complexity index is 975. The largest absolute Gasteiger partial charge is 0.351 e. The number of carbonyl (C=O) groups is 3. The lowest BCUT2D eigenvalue weighted by Gasteiger charge is -2.25. The fraction of sp³-hybridized carbons (Fsp3) is 0.211. The van der Waals surface area contributed by atoms with Gasteiger partial charge in [0.2, 0.25) is 5.91 Å². The molecule has 1 fully saturated rings. The number of rotatable bonds is 4. The fourth-order valence-electron chi connectivity index (χ4n) is 3.16. The highest BCUT2D eigenvalue weighted by atomic mass is 35.5. The van der Waals surface area contributed by atoms with Gasteiger partial charge >= 0.3 is 0 Å². The summed E-state index contributed by atoms with van der Waals surface area (Å²) in [5, 5.41) is 2.28. The quantitative estimate of drug-likeness (QED) is 0.402. The number of amides is 3. The molecular formula is C19H12Cl4N2O3. The lowest BCUT2D eigenvalue weighted by molar-refractivity contribution is -0.125. The molecule has 0 saturated heterocycles. The van der Waals surface area contributed by atoms with E-state index in [1.54, 1.807) is 30.3 Å². The number of nitrogens with zero attached hydrogens (tertiary/aromatic N) is 1. The van der Waals surface area contributed by atoms with Gasteiger partial charge in [0.05, 0.1) is 31.2 Å². The Labute approximate surface area is 180 Å². The van der Waals surface area contributed by atoms with Crippen LogP contribution >= 0.6 is 46.4 Å². The second kappa shape index (κ2) is 7.23. The van der Waals surface area contributed by atoms with Crippen LogP contribution < -0.4 is 5.32 Å². The smallest absolute Gasteiger partial charge is 0.264 e. The zero-order chi connectivity index (χ0) is 20.2. The standard InChI is InChI=1S/C19H12Cl4N2O3/c20-12-10-11(13(21)15(23)14(12)22)19(28)25(18(10)27)16(8-4-2-1-3-5-8)17(26)24-9-6-7-9/h1-5,9,16H,6-7H2,(H,24,26). The number of halogens is 4. The SMILES string of the molecule is O=C(NC1CC1)C(c1ccccc1)N1C(=O)c2c(Cl)c(Cl)c(Cl)c(Cl)c2C1=O. The molecule has 1 heterocycles. The van der Waals surface area contributed by atoms with Crippen molar-refractivity contribution in [1.29, 1.82) is 0 Å². The summed E-state index contributed by atoms with van der Waals surface area (Å²) < 4.78 is 0.